The second-order valence-electron chi connectivity index (χ2n) is 5.08. The lowest BCUT2D eigenvalue weighted by molar-refractivity contribution is 0.120. The number of aromatic nitrogens is 2. The van der Waals surface area contributed by atoms with Gasteiger partial charge in [-0.05, 0) is 53.0 Å². The first kappa shape index (κ1) is 17.8. The molecule has 0 saturated carbocycles. The first-order chi connectivity index (χ1) is 10.7. The number of nitrogens with one attached hydrogen (secondary N) is 2. The molecule has 1 aromatic carbocycles. The van der Waals surface area contributed by atoms with Gasteiger partial charge in [-0.3, -0.25) is 0 Å². The number of ether oxygens (including phenoxy) is 1. The van der Waals surface area contributed by atoms with Crippen LogP contribution in [0.5, 0.6) is 5.75 Å². The van der Waals surface area contributed by atoms with Crippen LogP contribution in [0.25, 0.3) is 0 Å². The van der Waals surface area contributed by atoms with Crippen LogP contribution in [0.2, 0.25) is 0 Å². The number of phenols is 1. The van der Waals surface area contributed by atoms with Gasteiger partial charge in [0.15, 0.2) is 0 Å². The van der Waals surface area contributed by atoms with Crippen LogP contribution >= 0.6 is 28.3 Å². The van der Waals surface area contributed by atoms with Crippen LogP contribution in [0.1, 0.15) is 12.8 Å². The van der Waals surface area contributed by atoms with Crippen molar-refractivity contribution in [3.8, 4) is 5.75 Å². The number of hydrogen-bond acceptors (Lipinski definition) is 6. The maximum atomic E-state index is 9.29. The van der Waals surface area contributed by atoms with Gasteiger partial charge in [0.1, 0.15) is 11.6 Å². The number of anilines is 3. The van der Waals surface area contributed by atoms with Gasteiger partial charge in [0.25, 0.3) is 0 Å². The lowest BCUT2D eigenvalue weighted by Crippen LogP contribution is -2.19. The minimum atomic E-state index is 0. The van der Waals surface area contributed by atoms with E-state index in [2.05, 4.69) is 36.5 Å². The van der Waals surface area contributed by atoms with Crippen molar-refractivity contribution in [3.63, 3.8) is 0 Å². The summed E-state index contributed by atoms with van der Waals surface area (Å²) in [4.78, 5) is 8.69. The second kappa shape index (κ2) is 8.33. The van der Waals surface area contributed by atoms with Crippen molar-refractivity contribution >= 4 is 45.8 Å². The highest BCUT2D eigenvalue weighted by Crippen LogP contribution is 2.23. The second-order valence-corrected chi connectivity index (χ2v) is 5.93. The third kappa shape index (κ3) is 4.95. The van der Waals surface area contributed by atoms with E-state index >= 15 is 0 Å². The van der Waals surface area contributed by atoms with Gasteiger partial charge in [0.2, 0.25) is 5.95 Å². The Balaban J connectivity index is 0.00000192. The number of nitrogens with zero attached hydrogens (tertiary/aromatic N) is 2. The van der Waals surface area contributed by atoms with E-state index in [0.717, 1.165) is 42.0 Å². The van der Waals surface area contributed by atoms with Gasteiger partial charge in [0, 0.05) is 25.0 Å². The lowest BCUT2D eigenvalue weighted by atomic mass is 10.2. The van der Waals surface area contributed by atoms with E-state index < -0.39 is 0 Å². The Morgan fingerprint density at radius 2 is 2.09 bits per heavy atom. The fraction of sp³-hybridized carbons (Fsp3) is 0.333. The SMILES string of the molecule is Cl.Oc1ccc(Nc2ncc(Br)c(NCC3CCCO3)n2)cc1. The number of benzene rings is 1. The molecule has 3 rings (SSSR count). The Kier molecular flexibility index (Phi) is 6.44. The zero-order chi connectivity index (χ0) is 15.4. The number of hydrogen-bond donors (Lipinski definition) is 3. The highest BCUT2D eigenvalue weighted by Gasteiger charge is 2.16. The summed E-state index contributed by atoms with van der Waals surface area (Å²) in [7, 11) is 0. The minimum absolute atomic E-state index is 0. The van der Waals surface area contributed by atoms with Crippen molar-refractivity contribution in [3.05, 3.63) is 34.9 Å². The molecule has 1 saturated heterocycles. The quantitative estimate of drug-likeness (QED) is 0.663. The molecule has 124 valence electrons. The third-order valence-electron chi connectivity index (χ3n) is 3.39. The van der Waals surface area contributed by atoms with Gasteiger partial charge in [-0.25, -0.2) is 4.98 Å². The average molecular weight is 402 g/mol. The highest BCUT2D eigenvalue weighted by molar-refractivity contribution is 9.10. The molecule has 2 aromatic rings. The number of halogens is 2. The first-order valence-corrected chi connectivity index (χ1v) is 7.94. The molecule has 1 aromatic heterocycles. The lowest BCUT2D eigenvalue weighted by Gasteiger charge is -2.13. The standard InChI is InChI=1S/C15H17BrN4O2.ClH/c16-13-9-18-15(19-10-3-5-11(21)6-4-10)20-14(13)17-8-12-2-1-7-22-12;/h3-6,9,12,21H,1-2,7-8H2,(H2,17,18,19,20);1H. The monoisotopic (exact) mass is 400 g/mol. The Bertz CT molecular complexity index is 636. The Labute approximate surface area is 149 Å². The molecule has 1 aliphatic heterocycles. The van der Waals surface area contributed by atoms with Crippen LogP contribution in [-0.4, -0.2) is 34.3 Å². The summed E-state index contributed by atoms with van der Waals surface area (Å²) in [6.45, 7) is 1.57. The molecule has 1 unspecified atom stereocenters. The molecule has 6 nitrogen and oxygen atoms in total. The Hall–Kier alpha value is -1.57. The molecule has 0 spiro atoms. The van der Waals surface area contributed by atoms with Gasteiger partial charge in [-0.2, -0.15) is 4.98 Å². The molecule has 0 radical (unpaired) electrons. The van der Waals surface area contributed by atoms with Crippen LogP contribution < -0.4 is 10.6 Å². The van der Waals surface area contributed by atoms with Crippen molar-refractivity contribution in [2.24, 2.45) is 0 Å². The highest BCUT2D eigenvalue weighted by atomic mass is 79.9. The molecule has 8 heteroatoms. The van der Waals surface area contributed by atoms with Crippen LogP contribution in [0.3, 0.4) is 0 Å². The molecular weight excluding hydrogens is 384 g/mol. The summed E-state index contributed by atoms with van der Waals surface area (Å²) in [5, 5.41) is 15.7. The summed E-state index contributed by atoms with van der Waals surface area (Å²) < 4.78 is 6.40. The first-order valence-electron chi connectivity index (χ1n) is 7.15. The minimum Gasteiger partial charge on any atom is -0.508 e. The molecule has 23 heavy (non-hydrogen) atoms. The Morgan fingerprint density at radius 3 is 2.78 bits per heavy atom. The van der Waals surface area contributed by atoms with E-state index in [4.69, 9.17) is 4.74 Å². The van der Waals surface area contributed by atoms with Crippen LogP contribution in [0, 0.1) is 0 Å². The number of rotatable bonds is 5. The number of aromatic hydroxyl groups is 1. The smallest absolute Gasteiger partial charge is 0.229 e. The summed E-state index contributed by atoms with van der Waals surface area (Å²) in [6.07, 6.45) is 4.14. The van der Waals surface area contributed by atoms with E-state index in [1.54, 1.807) is 30.5 Å². The topological polar surface area (TPSA) is 79.3 Å². The van der Waals surface area contributed by atoms with E-state index in [0.29, 0.717) is 5.95 Å². The average Bonchev–Trinajstić information content (AvgIpc) is 3.03. The maximum absolute atomic E-state index is 9.29. The molecule has 1 aliphatic rings. The van der Waals surface area contributed by atoms with Crippen LogP contribution in [0.4, 0.5) is 17.5 Å². The molecule has 2 heterocycles. The molecule has 1 atom stereocenters. The predicted molar refractivity (Wildman–Crippen MR) is 95.8 cm³/mol. The van der Waals surface area contributed by atoms with E-state index in [-0.39, 0.29) is 24.3 Å². The summed E-state index contributed by atoms with van der Waals surface area (Å²) in [6, 6.07) is 6.75. The van der Waals surface area contributed by atoms with E-state index in [9.17, 15) is 5.11 Å². The van der Waals surface area contributed by atoms with Gasteiger partial charge in [-0.15, -0.1) is 12.4 Å². The van der Waals surface area contributed by atoms with E-state index in [1.165, 1.54) is 0 Å². The van der Waals surface area contributed by atoms with Gasteiger partial charge in [-0.1, -0.05) is 0 Å². The molecule has 3 N–H and O–H groups in total. The summed E-state index contributed by atoms with van der Waals surface area (Å²) >= 11 is 3.45. The van der Waals surface area contributed by atoms with Crippen molar-refractivity contribution in [2.75, 3.05) is 23.8 Å². The normalized spacial score (nSPS) is 16.7. The van der Waals surface area contributed by atoms with Gasteiger partial charge in [0.05, 0.1) is 10.6 Å². The van der Waals surface area contributed by atoms with Crippen molar-refractivity contribution < 1.29 is 9.84 Å². The van der Waals surface area contributed by atoms with Crippen molar-refractivity contribution in [1.29, 1.82) is 0 Å². The molecule has 0 aliphatic carbocycles. The molecule has 1 fully saturated rings. The van der Waals surface area contributed by atoms with Crippen LogP contribution in [0.15, 0.2) is 34.9 Å². The fourth-order valence-electron chi connectivity index (χ4n) is 2.24. The van der Waals surface area contributed by atoms with Crippen molar-refractivity contribution in [2.45, 2.75) is 18.9 Å². The third-order valence-corrected chi connectivity index (χ3v) is 3.97. The zero-order valence-electron chi connectivity index (χ0n) is 12.3. The van der Waals surface area contributed by atoms with E-state index in [1.807, 2.05) is 0 Å². The van der Waals surface area contributed by atoms with Gasteiger partial charge >= 0.3 is 0 Å². The molecular formula is C15H18BrClN4O2. The number of phenolic OH excluding ortho intramolecular Hbond substituents is 1. The Morgan fingerprint density at radius 1 is 1.30 bits per heavy atom. The zero-order valence-corrected chi connectivity index (χ0v) is 14.7. The summed E-state index contributed by atoms with van der Waals surface area (Å²) in [5.41, 5.74) is 0.810. The fourth-order valence-corrected chi connectivity index (χ4v) is 2.57. The predicted octanol–water partition coefficient (Wildman–Crippen LogP) is 3.70. The molecule has 0 bridgehead atoms. The van der Waals surface area contributed by atoms with Crippen molar-refractivity contribution in [1.82, 2.24) is 9.97 Å². The summed E-state index contributed by atoms with van der Waals surface area (Å²) in [5.74, 6) is 1.44. The molecule has 0 amide bonds. The van der Waals surface area contributed by atoms with Gasteiger partial charge < -0.3 is 20.5 Å². The largest absolute Gasteiger partial charge is 0.508 e. The maximum Gasteiger partial charge on any atom is 0.229 e. The van der Waals surface area contributed by atoms with Crippen LogP contribution in [-0.2, 0) is 4.74 Å².